The summed E-state index contributed by atoms with van der Waals surface area (Å²) in [6.45, 7) is 1.99. The van der Waals surface area contributed by atoms with Gasteiger partial charge >= 0.3 is 0 Å². The number of hydrazine groups is 1. The maximum Gasteiger partial charge on any atom is 0.137 e. The van der Waals surface area contributed by atoms with Crippen molar-refractivity contribution in [3.63, 3.8) is 0 Å². The van der Waals surface area contributed by atoms with Crippen molar-refractivity contribution < 1.29 is 9.13 Å². The van der Waals surface area contributed by atoms with Crippen LogP contribution in [0.1, 0.15) is 22.7 Å². The first kappa shape index (κ1) is 15.9. The Kier molecular flexibility index (Phi) is 5.33. The van der Waals surface area contributed by atoms with Crippen LogP contribution in [-0.4, -0.2) is 7.11 Å². The van der Waals surface area contributed by atoms with Gasteiger partial charge in [0.15, 0.2) is 0 Å². The minimum Gasteiger partial charge on any atom is -0.496 e. The summed E-state index contributed by atoms with van der Waals surface area (Å²) in [6, 6.07) is 10.9. The Morgan fingerprint density at radius 2 is 2.05 bits per heavy atom. The van der Waals surface area contributed by atoms with Crippen LogP contribution in [0.5, 0.6) is 5.75 Å². The summed E-state index contributed by atoms with van der Waals surface area (Å²) in [5.74, 6) is 6.23. The van der Waals surface area contributed by atoms with Gasteiger partial charge in [-0.1, -0.05) is 18.2 Å². The lowest BCUT2D eigenvalue weighted by atomic mass is 9.98. The Hall–Kier alpha value is -1.43. The molecule has 1 atom stereocenters. The Labute approximate surface area is 132 Å². The number of hydrogen-bond donors (Lipinski definition) is 2. The predicted molar refractivity (Wildman–Crippen MR) is 85.6 cm³/mol. The fourth-order valence-electron chi connectivity index (χ4n) is 2.23. The number of rotatable bonds is 5. The molecule has 0 aromatic heterocycles. The van der Waals surface area contributed by atoms with Crippen LogP contribution in [0, 0.1) is 12.7 Å². The first-order valence-corrected chi connectivity index (χ1v) is 7.39. The molecule has 0 saturated carbocycles. The minimum atomic E-state index is -0.270. The lowest BCUT2D eigenvalue weighted by molar-refractivity contribution is 0.410. The summed E-state index contributed by atoms with van der Waals surface area (Å²) in [4.78, 5) is 0. The van der Waals surface area contributed by atoms with Gasteiger partial charge in [-0.3, -0.25) is 11.3 Å². The molecule has 0 heterocycles. The molecule has 0 radical (unpaired) electrons. The Morgan fingerprint density at radius 3 is 2.67 bits per heavy atom. The number of aryl methyl sites for hydroxylation is 1. The largest absolute Gasteiger partial charge is 0.496 e. The molecule has 1 unspecified atom stereocenters. The van der Waals surface area contributed by atoms with Crippen LogP contribution in [0.2, 0.25) is 0 Å². The van der Waals surface area contributed by atoms with Crippen LogP contribution in [-0.2, 0) is 6.42 Å². The van der Waals surface area contributed by atoms with E-state index in [1.165, 1.54) is 6.07 Å². The molecular weight excluding hydrogens is 335 g/mol. The highest BCUT2D eigenvalue weighted by atomic mass is 79.9. The van der Waals surface area contributed by atoms with Crippen molar-refractivity contribution >= 4 is 15.9 Å². The fraction of sp³-hybridized carbons (Fsp3) is 0.250. The van der Waals surface area contributed by atoms with E-state index in [0.717, 1.165) is 22.4 Å². The molecule has 2 aromatic rings. The van der Waals surface area contributed by atoms with Crippen molar-refractivity contribution in [3.8, 4) is 5.75 Å². The Balaban J connectivity index is 2.25. The molecule has 0 fully saturated rings. The van der Waals surface area contributed by atoms with Crippen molar-refractivity contribution in [1.82, 2.24) is 5.43 Å². The summed E-state index contributed by atoms with van der Waals surface area (Å²) in [7, 11) is 1.65. The van der Waals surface area contributed by atoms with Gasteiger partial charge < -0.3 is 4.74 Å². The second-order valence-electron chi connectivity index (χ2n) is 4.90. The number of ether oxygens (including phenoxy) is 1. The van der Waals surface area contributed by atoms with Crippen LogP contribution in [0.4, 0.5) is 4.39 Å². The van der Waals surface area contributed by atoms with Gasteiger partial charge in [0.1, 0.15) is 11.6 Å². The fourth-order valence-corrected chi connectivity index (χ4v) is 2.65. The Bertz CT molecular complexity index is 634. The molecule has 5 heteroatoms. The van der Waals surface area contributed by atoms with E-state index in [2.05, 4.69) is 21.4 Å². The number of nitrogens with two attached hydrogens (primary N) is 1. The van der Waals surface area contributed by atoms with Crippen LogP contribution in [0.15, 0.2) is 40.9 Å². The number of halogens is 2. The highest BCUT2D eigenvalue weighted by Crippen LogP contribution is 2.26. The summed E-state index contributed by atoms with van der Waals surface area (Å²) in [5, 5.41) is 0. The highest BCUT2D eigenvalue weighted by Gasteiger charge is 2.13. The van der Waals surface area contributed by atoms with E-state index in [-0.39, 0.29) is 11.9 Å². The third-order valence-electron chi connectivity index (χ3n) is 3.46. The summed E-state index contributed by atoms with van der Waals surface area (Å²) < 4.78 is 19.1. The molecule has 112 valence electrons. The van der Waals surface area contributed by atoms with Crippen LogP contribution in [0.25, 0.3) is 0 Å². The zero-order valence-electron chi connectivity index (χ0n) is 12.0. The monoisotopic (exact) mass is 352 g/mol. The zero-order valence-corrected chi connectivity index (χ0v) is 13.6. The van der Waals surface area contributed by atoms with E-state index >= 15 is 0 Å². The quantitative estimate of drug-likeness (QED) is 0.637. The normalized spacial score (nSPS) is 12.2. The molecule has 0 aliphatic heterocycles. The molecular formula is C16H18BrFN2O. The first-order valence-electron chi connectivity index (χ1n) is 6.59. The molecule has 0 spiro atoms. The average molecular weight is 353 g/mol. The summed E-state index contributed by atoms with van der Waals surface area (Å²) in [5.41, 5.74) is 5.90. The van der Waals surface area contributed by atoms with E-state index in [0.29, 0.717) is 10.9 Å². The topological polar surface area (TPSA) is 47.3 Å². The molecule has 0 aliphatic carbocycles. The van der Waals surface area contributed by atoms with Crippen molar-refractivity contribution in [2.75, 3.05) is 7.11 Å². The predicted octanol–water partition coefficient (Wildman–Crippen LogP) is 3.65. The molecule has 0 saturated heterocycles. The van der Waals surface area contributed by atoms with E-state index in [1.54, 1.807) is 19.2 Å². The summed E-state index contributed by atoms with van der Waals surface area (Å²) >= 11 is 3.20. The molecule has 0 bridgehead atoms. The molecule has 0 aliphatic rings. The molecule has 3 N–H and O–H groups in total. The maximum absolute atomic E-state index is 13.3. The van der Waals surface area contributed by atoms with Gasteiger partial charge in [-0.05, 0) is 64.2 Å². The van der Waals surface area contributed by atoms with Crippen LogP contribution < -0.4 is 16.0 Å². The lowest BCUT2D eigenvalue weighted by Crippen LogP contribution is -2.29. The van der Waals surface area contributed by atoms with E-state index in [4.69, 9.17) is 10.6 Å². The molecule has 3 nitrogen and oxygen atoms in total. The smallest absolute Gasteiger partial charge is 0.137 e. The van der Waals surface area contributed by atoms with Gasteiger partial charge in [0.25, 0.3) is 0 Å². The van der Waals surface area contributed by atoms with Crippen molar-refractivity contribution in [2.45, 2.75) is 19.4 Å². The van der Waals surface area contributed by atoms with Crippen LogP contribution >= 0.6 is 15.9 Å². The van der Waals surface area contributed by atoms with Gasteiger partial charge in [-0.2, -0.15) is 0 Å². The molecule has 21 heavy (non-hydrogen) atoms. The average Bonchev–Trinajstić information content (AvgIpc) is 2.49. The summed E-state index contributed by atoms with van der Waals surface area (Å²) in [6.07, 6.45) is 0.654. The highest BCUT2D eigenvalue weighted by molar-refractivity contribution is 9.10. The minimum absolute atomic E-state index is 0.0724. The standard InChI is InChI=1S/C16H18BrFN2O/c1-10-3-5-12(9-16(10)21-2)15(20-19)8-11-4-6-14(18)13(17)7-11/h3-7,9,15,20H,8,19H2,1-2H3. The number of nitrogens with one attached hydrogen (secondary N) is 1. The van der Waals surface area contributed by atoms with Gasteiger partial charge in [0.2, 0.25) is 0 Å². The van der Waals surface area contributed by atoms with Crippen molar-refractivity contribution in [1.29, 1.82) is 0 Å². The second-order valence-corrected chi connectivity index (χ2v) is 5.76. The number of methoxy groups -OCH3 is 1. The van der Waals surface area contributed by atoms with Crippen LogP contribution in [0.3, 0.4) is 0 Å². The lowest BCUT2D eigenvalue weighted by Gasteiger charge is -2.18. The molecule has 2 aromatic carbocycles. The van der Waals surface area contributed by atoms with E-state index in [1.807, 2.05) is 25.1 Å². The SMILES string of the molecule is COc1cc(C(Cc2ccc(F)c(Br)c2)NN)ccc1C. The third kappa shape index (κ3) is 3.81. The van der Waals surface area contributed by atoms with E-state index in [9.17, 15) is 4.39 Å². The van der Waals surface area contributed by atoms with Gasteiger partial charge in [0, 0.05) is 0 Å². The van der Waals surface area contributed by atoms with Crippen molar-refractivity contribution in [3.05, 3.63) is 63.4 Å². The maximum atomic E-state index is 13.3. The first-order chi connectivity index (χ1) is 10.0. The molecule has 2 rings (SSSR count). The second kappa shape index (κ2) is 7.02. The Morgan fingerprint density at radius 1 is 1.29 bits per heavy atom. The zero-order chi connectivity index (χ0) is 15.4. The molecule has 0 amide bonds. The van der Waals surface area contributed by atoms with Crippen molar-refractivity contribution in [2.24, 2.45) is 5.84 Å². The van der Waals surface area contributed by atoms with E-state index < -0.39 is 0 Å². The van der Waals surface area contributed by atoms with Gasteiger partial charge in [-0.15, -0.1) is 0 Å². The number of hydrogen-bond acceptors (Lipinski definition) is 3. The third-order valence-corrected chi connectivity index (χ3v) is 4.07. The van der Waals surface area contributed by atoms with Gasteiger partial charge in [0.05, 0.1) is 17.6 Å². The number of benzene rings is 2. The van der Waals surface area contributed by atoms with Gasteiger partial charge in [-0.25, -0.2) is 4.39 Å².